The molecule has 0 fully saturated rings. The minimum Gasteiger partial charge on any atom is -0.480 e. The van der Waals surface area contributed by atoms with Crippen molar-refractivity contribution in [1.29, 1.82) is 0 Å². The topological polar surface area (TPSA) is 210 Å². The summed E-state index contributed by atoms with van der Waals surface area (Å²) in [6, 6.07) is 11.1. The number of nitrogens with two attached hydrogens (primary N) is 2. The lowest BCUT2D eigenvalue weighted by Gasteiger charge is -2.41. The van der Waals surface area contributed by atoms with E-state index in [1.165, 1.54) is 4.90 Å². The number of aliphatic hydroxyl groups is 1. The number of aromatic nitrogens is 1. The number of nitrogens with one attached hydrogen (secondary N) is 2. The lowest BCUT2D eigenvalue weighted by Crippen LogP contribution is -2.48. The number of primary amides is 1. The summed E-state index contributed by atoms with van der Waals surface area (Å²) in [6.07, 6.45) is 0.945. The van der Waals surface area contributed by atoms with Crippen LogP contribution in [-0.4, -0.2) is 81.1 Å². The van der Waals surface area contributed by atoms with Gasteiger partial charge in [-0.2, -0.15) is 0 Å². The number of aliphatic hydroxyl groups excluding tert-OH is 1. The van der Waals surface area contributed by atoms with Gasteiger partial charge in [-0.05, 0) is 48.1 Å². The predicted molar refractivity (Wildman–Crippen MR) is 185 cm³/mol. The quantitative estimate of drug-likeness (QED) is 0.115. The lowest BCUT2D eigenvalue weighted by molar-refractivity contribution is -0.142. The molecule has 0 saturated heterocycles. The Bertz CT molecular complexity index is 1690. The number of carboxylic acid groups (broad SMARTS) is 1. The van der Waals surface area contributed by atoms with Gasteiger partial charge >= 0.3 is 5.97 Å². The number of carbonyl (C=O) groups is 5. The van der Waals surface area contributed by atoms with Crippen LogP contribution in [0, 0.1) is 17.0 Å². The molecule has 276 valence electrons. The summed E-state index contributed by atoms with van der Waals surface area (Å²) in [7, 11) is 0. The molecule has 0 aliphatic carbocycles. The van der Waals surface area contributed by atoms with Gasteiger partial charge in [0.15, 0.2) is 0 Å². The van der Waals surface area contributed by atoms with E-state index >= 15 is 0 Å². The van der Waals surface area contributed by atoms with Crippen LogP contribution in [0.3, 0.4) is 0 Å². The molecule has 13 nitrogen and oxygen atoms in total. The number of hydrogen-bond donors (Lipinski definition) is 6. The molecular formula is C36H46F2N6O7. The summed E-state index contributed by atoms with van der Waals surface area (Å²) in [5.74, 6) is -5.25. The van der Waals surface area contributed by atoms with E-state index in [9.17, 15) is 43.0 Å². The van der Waals surface area contributed by atoms with E-state index in [2.05, 4.69) is 10.6 Å². The van der Waals surface area contributed by atoms with Crippen molar-refractivity contribution in [1.82, 2.24) is 20.1 Å². The number of aliphatic carboxylic acids is 1. The molecule has 15 heteroatoms. The van der Waals surface area contributed by atoms with Gasteiger partial charge in [-0.1, -0.05) is 51.1 Å². The van der Waals surface area contributed by atoms with Crippen molar-refractivity contribution in [2.75, 3.05) is 19.7 Å². The van der Waals surface area contributed by atoms with Crippen molar-refractivity contribution in [2.45, 2.75) is 71.1 Å². The summed E-state index contributed by atoms with van der Waals surface area (Å²) < 4.78 is 31.1. The molecule has 0 bridgehead atoms. The lowest BCUT2D eigenvalue weighted by atomic mass is 9.82. The van der Waals surface area contributed by atoms with Crippen molar-refractivity contribution >= 4 is 29.6 Å². The van der Waals surface area contributed by atoms with Crippen LogP contribution in [0.4, 0.5) is 8.78 Å². The smallest absolute Gasteiger partial charge is 0.326 e. The van der Waals surface area contributed by atoms with E-state index < -0.39 is 71.4 Å². The van der Waals surface area contributed by atoms with E-state index in [0.29, 0.717) is 17.8 Å². The summed E-state index contributed by atoms with van der Waals surface area (Å²) in [5.41, 5.74) is 12.5. The van der Waals surface area contributed by atoms with Gasteiger partial charge in [-0.25, -0.2) is 13.6 Å². The van der Waals surface area contributed by atoms with Gasteiger partial charge in [-0.15, -0.1) is 0 Å². The average Bonchev–Trinajstić information content (AvgIpc) is 3.47. The fourth-order valence-electron chi connectivity index (χ4n) is 5.75. The van der Waals surface area contributed by atoms with E-state index in [4.69, 9.17) is 11.5 Å². The van der Waals surface area contributed by atoms with E-state index in [0.717, 1.165) is 23.8 Å². The van der Waals surface area contributed by atoms with E-state index in [-0.39, 0.29) is 44.3 Å². The van der Waals surface area contributed by atoms with Gasteiger partial charge in [0.1, 0.15) is 24.3 Å². The SMILES string of the molecule is CC(C)(C)[C@H](c1cc(-c2cc(F)ccc2F)cn1Cc1ccccc1)N(CC[C@H](N)C(=O)NCCC(=O)N[C@H](CCC(N)=O)C(=O)O)C(=O)CO. The molecule has 0 aliphatic rings. The largest absolute Gasteiger partial charge is 0.480 e. The first kappa shape index (κ1) is 40.3. The minimum atomic E-state index is -1.34. The second kappa shape index (κ2) is 18.2. The molecule has 1 aromatic heterocycles. The van der Waals surface area contributed by atoms with Gasteiger partial charge < -0.3 is 41.8 Å². The fourth-order valence-corrected chi connectivity index (χ4v) is 5.75. The second-order valence-electron chi connectivity index (χ2n) is 13.3. The maximum absolute atomic E-state index is 15.0. The Kier molecular flexibility index (Phi) is 14.4. The Hall–Kier alpha value is -5.15. The monoisotopic (exact) mass is 712 g/mol. The number of benzene rings is 2. The number of amides is 4. The van der Waals surface area contributed by atoms with Gasteiger partial charge in [0, 0.05) is 55.5 Å². The molecule has 0 saturated carbocycles. The van der Waals surface area contributed by atoms with Crippen LogP contribution < -0.4 is 22.1 Å². The van der Waals surface area contributed by atoms with Gasteiger partial charge in [0.25, 0.3) is 0 Å². The highest BCUT2D eigenvalue weighted by atomic mass is 19.1. The van der Waals surface area contributed by atoms with Crippen molar-refractivity contribution in [3.63, 3.8) is 0 Å². The van der Waals surface area contributed by atoms with Crippen molar-refractivity contribution in [3.8, 4) is 11.1 Å². The Labute approximate surface area is 295 Å². The van der Waals surface area contributed by atoms with Crippen LogP contribution in [0.5, 0.6) is 0 Å². The Balaban J connectivity index is 1.82. The molecule has 1 heterocycles. The molecule has 0 unspecified atom stereocenters. The predicted octanol–water partition coefficient (Wildman–Crippen LogP) is 2.45. The van der Waals surface area contributed by atoms with E-state index in [1.54, 1.807) is 12.3 Å². The Morgan fingerprint density at radius 2 is 1.67 bits per heavy atom. The zero-order valence-corrected chi connectivity index (χ0v) is 28.9. The van der Waals surface area contributed by atoms with Gasteiger partial charge in [0.2, 0.25) is 23.6 Å². The maximum atomic E-state index is 15.0. The molecule has 0 spiro atoms. The third kappa shape index (κ3) is 11.7. The second-order valence-corrected chi connectivity index (χ2v) is 13.3. The van der Waals surface area contributed by atoms with Crippen molar-refractivity contribution in [2.24, 2.45) is 16.9 Å². The van der Waals surface area contributed by atoms with Crippen molar-refractivity contribution in [3.05, 3.63) is 83.7 Å². The number of carboxylic acids is 1. The molecule has 2 aromatic carbocycles. The number of carbonyl (C=O) groups excluding carboxylic acids is 4. The Morgan fingerprint density at radius 3 is 2.27 bits per heavy atom. The third-order valence-corrected chi connectivity index (χ3v) is 8.21. The first-order valence-corrected chi connectivity index (χ1v) is 16.4. The van der Waals surface area contributed by atoms with Crippen LogP contribution in [0.1, 0.15) is 63.8 Å². The molecule has 51 heavy (non-hydrogen) atoms. The molecule has 3 atom stereocenters. The molecule has 0 aliphatic heterocycles. The molecule has 3 rings (SSSR count). The summed E-state index contributed by atoms with van der Waals surface area (Å²) in [4.78, 5) is 62.3. The normalized spacial score (nSPS) is 13.2. The minimum absolute atomic E-state index is 0.0345. The maximum Gasteiger partial charge on any atom is 0.326 e. The molecule has 4 amide bonds. The fraction of sp³-hybridized carbons (Fsp3) is 0.417. The molecule has 3 aromatic rings. The van der Waals surface area contributed by atoms with Crippen LogP contribution in [0.15, 0.2) is 60.8 Å². The highest BCUT2D eigenvalue weighted by molar-refractivity contribution is 5.85. The van der Waals surface area contributed by atoms with Crippen LogP contribution >= 0.6 is 0 Å². The standard InChI is InChI=1S/C36H46F2N6O7/c1-36(2,3)33(29-17-23(25-18-24(37)9-10-26(25)38)20-43(29)19-22-7-5-4-6-8-22)44(32(48)21-45)16-14-27(39)34(49)41-15-13-31(47)42-28(35(50)51)11-12-30(40)46/h4-10,17-18,20,27-28,33,45H,11-16,19,21,39H2,1-3H3,(H2,40,46)(H,41,49)(H,42,47)(H,50,51)/t27-,28+,33-/m0/s1. The van der Waals surface area contributed by atoms with Crippen LogP contribution in [0.2, 0.25) is 0 Å². The summed E-state index contributed by atoms with van der Waals surface area (Å²) in [6.45, 7) is 4.90. The summed E-state index contributed by atoms with van der Waals surface area (Å²) in [5, 5.41) is 24.1. The van der Waals surface area contributed by atoms with Gasteiger partial charge in [0.05, 0.1) is 12.1 Å². The highest BCUT2D eigenvalue weighted by Crippen LogP contribution is 2.41. The first-order valence-electron chi connectivity index (χ1n) is 16.4. The molecule has 0 radical (unpaired) electrons. The van der Waals surface area contributed by atoms with Crippen LogP contribution in [-0.2, 0) is 30.5 Å². The number of halogens is 2. The van der Waals surface area contributed by atoms with Crippen molar-refractivity contribution < 1.29 is 43.0 Å². The van der Waals surface area contributed by atoms with E-state index in [1.807, 2.05) is 55.7 Å². The molecule has 8 N–H and O–H groups in total. The van der Waals surface area contributed by atoms with Crippen LogP contribution in [0.25, 0.3) is 11.1 Å². The zero-order chi connectivity index (χ0) is 37.9. The molecular weight excluding hydrogens is 666 g/mol. The highest BCUT2D eigenvalue weighted by Gasteiger charge is 2.37. The number of rotatable bonds is 18. The number of hydrogen-bond acceptors (Lipinski definition) is 7. The Morgan fingerprint density at radius 1 is 0.980 bits per heavy atom. The third-order valence-electron chi connectivity index (χ3n) is 8.21. The average molecular weight is 713 g/mol. The zero-order valence-electron chi connectivity index (χ0n) is 28.9. The van der Waals surface area contributed by atoms with Gasteiger partial charge in [-0.3, -0.25) is 19.2 Å². The number of nitrogens with zero attached hydrogens (tertiary/aromatic N) is 2. The summed E-state index contributed by atoms with van der Waals surface area (Å²) >= 11 is 0. The first-order chi connectivity index (χ1) is 24.0.